The molecule has 0 N–H and O–H groups in total. The van der Waals surface area contributed by atoms with E-state index in [0.29, 0.717) is 12.3 Å². The summed E-state index contributed by atoms with van der Waals surface area (Å²) in [7, 11) is 0. The van der Waals surface area contributed by atoms with Crippen molar-refractivity contribution < 1.29 is 14.3 Å². The Labute approximate surface area is 79.4 Å². The second-order valence-corrected chi connectivity index (χ2v) is 3.41. The highest BCUT2D eigenvalue weighted by Crippen LogP contribution is 2.21. The fourth-order valence-electron chi connectivity index (χ4n) is 1.61. The molecule has 2 unspecified atom stereocenters. The minimum atomic E-state index is -0.0984. The van der Waals surface area contributed by atoms with Crippen LogP contribution in [-0.4, -0.2) is 25.3 Å². The quantitative estimate of drug-likeness (QED) is 0.627. The van der Waals surface area contributed by atoms with Gasteiger partial charge in [-0.1, -0.05) is 13.8 Å². The summed E-state index contributed by atoms with van der Waals surface area (Å²) in [4.78, 5) is 11.1. The number of esters is 1. The fraction of sp³-hybridized carbons (Fsp3) is 0.900. The van der Waals surface area contributed by atoms with Crippen molar-refractivity contribution in [1.82, 2.24) is 0 Å². The van der Waals surface area contributed by atoms with E-state index in [1.54, 1.807) is 0 Å². The molecule has 0 aromatic rings. The summed E-state index contributed by atoms with van der Waals surface area (Å²) in [6.45, 7) is 5.42. The molecule has 0 aromatic heterocycles. The Kier molecular flexibility index (Phi) is 4.22. The third-order valence-corrected chi connectivity index (χ3v) is 2.46. The topological polar surface area (TPSA) is 35.5 Å². The van der Waals surface area contributed by atoms with Crippen molar-refractivity contribution in [2.75, 3.05) is 13.2 Å². The van der Waals surface area contributed by atoms with Gasteiger partial charge in [-0.2, -0.15) is 0 Å². The number of hydrogen-bond acceptors (Lipinski definition) is 3. The number of hydrogen-bond donors (Lipinski definition) is 0. The molecule has 0 bridgehead atoms. The van der Waals surface area contributed by atoms with Crippen LogP contribution in [0.5, 0.6) is 0 Å². The van der Waals surface area contributed by atoms with Crippen LogP contribution in [-0.2, 0) is 14.3 Å². The third kappa shape index (κ3) is 2.99. The molecule has 0 saturated carbocycles. The van der Waals surface area contributed by atoms with Crippen molar-refractivity contribution in [2.45, 2.75) is 39.2 Å². The summed E-state index contributed by atoms with van der Waals surface area (Å²) < 4.78 is 10.6. The van der Waals surface area contributed by atoms with E-state index in [1.165, 1.54) is 0 Å². The van der Waals surface area contributed by atoms with Gasteiger partial charge in [-0.15, -0.1) is 0 Å². The van der Waals surface area contributed by atoms with Gasteiger partial charge in [0.2, 0.25) is 0 Å². The molecule has 76 valence electrons. The Bertz CT molecular complexity index is 162. The van der Waals surface area contributed by atoms with Gasteiger partial charge < -0.3 is 9.47 Å². The maximum absolute atomic E-state index is 11.1. The van der Waals surface area contributed by atoms with E-state index in [9.17, 15) is 4.79 Å². The van der Waals surface area contributed by atoms with E-state index in [2.05, 4.69) is 0 Å². The van der Waals surface area contributed by atoms with Gasteiger partial charge in [-0.25, -0.2) is 0 Å². The molecule has 0 amide bonds. The van der Waals surface area contributed by atoms with Crippen molar-refractivity contribution in [2.24, 2.45) is 5.92 Å². The molecule has 0 radical (unpaired) electrons. The monoisotopic (exact) mass is 186 g/mol. The van der Waals surface area contributed by atoms with Gasteiger partial charge in [-0.3, -0.25) is 4.79 Å². The molecular formula is C10H18O3. The molecule has 3 nitrogen and oxygen atoms in total. The molecule has 1 heterocycles. The second-order valence-electron chi connectivity index (χ2n) is 3.41. The smallest absolute Gasteiger partial charge is 0.305 e. The predicted octanol–water partition coefficient (Wildman–Crippen LogP) is 1.75. The zero-order chi connectivity index (χ0) is 9.68. The molecule has 0 aromatic carbocycles. The van der Waals surface area contributed by atoms with Crippen LogP contribution in [0, 0.1) is 5.92 Å². The summed E-state index contributed by atoms with van der Waals surface area (Å²) in [6.07, 6.45) is 2.44. The van der Waals surface area contributed by atoms with Gasteiger partial charge in [0.15, 0.2) is 0 Å². The van der Waals surface area contributed by atoms with Crippen LogP contribution < -0.4 is 0 Å². The lowest BCUT2D eigenvalue weighted by Crippen LogP contribution is -2.26. The van der Waals surface area contributed by atoms with Crippen LogP contribution >= 0.6 is 0 Å². The van der Waals surface area contributed by atoms with Crippen LogP contribution in [0.3, 0.4) is 0 Å². The van der Waals surface area contributed by atoms with Crippen molar-refractivity contribution in [3.63, 3.8) is 0 Å². The first kappa shape index (κ1) is 10.5. The Morgan fingerprint density at radius 2 is 2.38 bits per heavy atom. The highest BCUT2D eigenvalue weighted by Gasteiger charge is 2.26. The molecule has 2 atom stereocenters. The maximum atomic E-state index is 11.1. The molecule has 1 rings (SSSR count). The van der Waals surface area contributed by atoms with Crippen LogP contribution in [0.15, 0.2) is 0 Å². The maximum Gasteiger partial charge on any atom is 0.305 e. The molecule has 0 spiro atoms. The first-order chi connectivity index (χ1) is 6.27. The molecule has 1 aliphatic rings. The minimum absolute atomic E-state index is 0.0648. The first-order valence-corrected chi connectivity index (χ1v) is 5.05. The van der Waals surface area contributed by atoms with Gasteiger partial charge in [0.1, 0.15) is 6.10 Å². The standard InChI is InChI=1S/C10H18O3/c1-3-9(13-10(11)4-2)8-5-6-12-7-8/h8-9H,3-7H2,1-2H3. The van der Waals surface area contributed by atoms with Gasteiger partial charge >= 0.3 is 5.97 Å². The number of ether oxygens (including phenoxy) is 2. The lowest BCUT2D eigenvalue weighted by Gasteiger charge is -2.20. The van der Waals surface area contributed by atoms with Crippen LogP contribution in [0.4, 0.5) is 0 Å². The lowest BCUT2D eigenvalue weighted by molar-refractivity contribution is -0.151. The summed E-state index contributed by atoms with van der Waals surface area (Å²) in [5.74, 6) is 0.319. The third-order valence-electron chi connectivity index (χ3n) is 2.46. The van der Waals surface area contributed by atoms with E-state index in [1.807, 2.05) is 13.8 Å². The first-order valence-electron chi connectivity index (χ1n) is 5.05. The summed E-state index contributed by atoms with van der Waals surface area (Å²) in [5.41, 5.74) is 0. The van der Waals surface area contributed by atoms with Gasteiger partial charge in [0.05, 0.1) is 6.61 Å². The normalized spacial score (nSPS) is 24.3. The summed E-state index contributed by atoms with van der Waals surface area (Å²) in [6, 6.07) is 0. The molecule has 0 aliphatic carbocycles. The zero-order valence-corrected chi connectivity index (χ0v) is 8.41. The molecular weight excluding hydrogens is 168 g/mol. The van der Waals surface area contributed by atoms with E-state index < -0.39 is 0 Å². The van der Waals surface area contributed by atoms with Crippen molar-refractivity contribution >= 4 is 5.97 Å². The van der Waals surface area contributed by atoms with E-state index in [-0.39, 0.29) is 12.1 Å². The Morgan fingerprint density at radius 1 is 1.62 bits per heavy atom. The van der Waals surface area contributed by atoms with Crippen molar-refractivity contribution in [3.05, 3.63) is 0 Å². The Hall–Kier alpha value is -0.570. The van der Waals surface area contributed by atoms with E-state index in [4.69, 9.17) is 9.47 Å². The van der Waals surface area contributed by atoms with Gasteiger partial charge in [0.25, 0.3) is 0 Å². The van der Waals surface area contributed by atoms with Gasteiger partial charge in [0, 0.05) is 18.9 Å². The molecule has 13 heavy (non-hydrogen) atoms. The van der Waals surface area contributed by atoms with Crippen LogP contribution in [0.1, 0.15) is 33.1 Å². The Morgan fingerprint density at radius 3 is 2.85 bits per heavy atom. The average molecular weight is 186 g/mol. The molecule has 1 aliphatic heterocycles. The largest absolute Gasteiger partial charge is 0.462 e. The van der Waals surface area contributed by atoms with Crippen molar-refractivity contribution in [1.29, 1.82) is 0 Å². The van der Waals surface area contributed by atoms with Gasteiger partial charge in [-0.05, 0) is 12.8 Å². The number of carbonyl (C=O) groups excluding carboxylic acids is 1. The number of rotatable bonds is 4. The number of carbonyl (C=O) groups is 1. The summed E-state index contributed by atoms with van der Waals surface area (Å²) >= 11 is 0. The highest BCUT2D eigenvalue weighted by atomic mass is 16.5. The fourth-order valence-corrected chi connectivity index (χ4v) is 1.61. The Balaban J connectivity index is 2.37. The van der Waals surface area contributed by atoms with Crippen LogP contribution in [0.25, 0.3) is 0 Å². The lowest BCUT2D eigenvalue weighted by atomic mass is 10.00. The molecule has 1 fully saturated rings. The van der Waals surface area contributed by atoms with E-state index in [0.717, 1.165) is 26.1 Å². The van der Waals surface area contributed by atoms with Crippen molar-refractivity contribution in [3.8, 4) is 0 Å². The van der Waals surface area contributed by atoms with E-state index >= 15 is 0 Å². The molecule has 3 heteroatoms. The molecule has 1 saturated heterocycles. The SMILES string of the molecule is CCC(=O)OC(CC)C1CCOC1. The zero-order valence-electron chi connectivity index (χ0n) is 8.41. The predicted molar refractivity (Wildman–Crippen MR) is 49.4 cm³/mol. The van der Waals surface area contributed by atoms with Crippen LogP contribution in [0.2, 0.25) is 0 Å². The summed E-state index contributed by atoms with van der Waals surface area (Å²) in [5, 5.41) is 0. The highest BCUT2D eigenvalue weighted by molar-refractivity contribution is 5.69. The minimum Gasteiger partial charge on any atom is -0.462 e. The average Bonchev–Trinajstić information content (AvgIpc) is 2.66. The second kappa shape index (κ2) is 5.22.